The molecule has 0 unspecified atom stereocenters. The van der Waals surface area contributed by atoms with Crippen LogP contribution >= 0.6 is 0 Å². The number of fused-ring (bicyclic) bond motifs is 14. The Morgan fingerprint density at radius 1 is 0.414 bits per heavy atom. The van der Waals surface area contributed by atoms with Crippen molar-refractivity contribution in [3.8, 4) is 51.0 Å². The minimum absolute atomic E-state index is 0.307. The molecule has 0 aliphatic heterocycles. The van der Waals surface area contributed by atoms with Crippen LogP contribution in [-0.2, 0) is 5.41 Å². The molecule has 0 spiro atoms. The van der Waals surface area contributed by atoms with Gasteiger partial charge in [0.15, 0.2) is 17.5 Å². The summed E-state index contributed by atoms with van der Waals surface area (Å²) < 4.78 is 2.38. The number of hydrogen-bond donors (Lipinski definition) is 0. The van der Waals surface area contributed by atoms with Crippen LogP contribution in [0.4, 0.5) is 0 Å². The SMILES string of the molecule is CC1(C)c2c(ccc3c4ccccc4c4ccccc4c23)-c2ccc3c(c21)c1cnccc1n3-c1cccc(-c2nc(-c3ccccc3)nc(-c3ccccc3)n2)c1. The molecular weight excluding hydrogens is 707 g/mol. The zero-order valence-electron chi connectivity index (χ0n) is 32.0. The van der Waals surface area contributed by atoms with Crippen molar-refractivity contribution in [1.82, 2.24) is 24.5 Å². The normalized spacial score (nSPS) is 13.1. The molecule has 5 nitrogen and oxygen atoms in total. The van der Waals surface area contributed by atoms with Gasteiger partial charge >= 0.3 is 0 Å². The summed E-state index contributed by atoms with van der Waals surface area (Å²) in [5, 5.41) is 10.2. The number of aromatic nitrogens is 5. The molecule has 0 fully saturated rings. The third kappa shape index (κ3) is 4.64. The monoisotopic (exact) mass is 741 g/mol. The van der Waals surface area contributed by atoms with Crippen molar-refractivity contribution in [1.29, 1.82) is 0 Å². The van der Waals surface area contributed by atoms with E-state index < -0.39 is 0 Å². The van der Waals surface area contributed by atoms with Crippen LogP contribution in [-0.4, -0.2) is 24.5 Å². The first-order valence-electron chi connectivity index (χ1n) is 19.8. The molecule has 1 aliphatic rings. The van der Waals surface area contributed by atoms with E-state index in [0.717, 1.165) is 38.8 Å². The fourth-order valence-electron chi connectivity index (χ4n) is 9.82. The van der Waals surface area contributed by atoms with E-state index >= 15 is 0 Å². The Bertz CT molecular complexity index is 3380. The predicted molar refractivity (Wildman–Crippen MR) is 238 cm³/mol. The van der Waals surface area contributed by atoms with Gasteiger partial charge in [0.25, 0.3) is 0 Å². The van der Waals surface area contributed by atoms with Crippen LogP contribution in [0.3, 0.4) is 0 Å². The Morgan fingerprint density at radius 3 is 1.59 bits per heavy atom. The lowest BCUT2D eigenvalue weighted by molar-refractivity contribution is 0.673. The largest absolute Gasteiger partial charge is 0.309 e. The van der Waals surface area contributed by atoms with Crippen molar-refractivity contribution in [3.05, 3.63) is 187 Å². The molecule has 8 aromatic carbocycles. The minimum Gasteiger partial charge on any atom is -0.309 e. The van der Waals surface area contributed by atoms with E-state index in [0.29, 0.717) is 17.5 Å². The van der Waals surface area contributed by atoms with Gasteiger partial charge in [-0.05, 0) is 78.8 Å². The summed E-state index contributed by atoms with van der Waals surface area (Å²) >= 11 is 0. The second-order valence-electron chi connectivity index (χ2n) is 15.8. The van der Waals surface area contributed by atoms with E-state index in [1.807, 2.05) is 73.1 Å². The molecule has 0 radical (unpaired) electrons. The van der Waals surface area contributed by atoms with Crippen LogP contribution in [0.5, 0.6) is 0 Å². The molecule has 11 aromatic rings. The Balaban J connectivity index is 1.08. The summed E-state index contributed by atoms with van der Waals surface area (Å²) in [6, 6.07) is 58.1. The second kappa shape index (κ2) is 12.2. The van der Waals surface area contributed by atoms with E-state index in [2.05, 4.69) is 122 Å². The Hall–Kier alpha value is -7.50. The first kappa shape index (κ1) is 32.7. The summed E-state index contributed by atoms with van der Waals surface area (Å²) in [6.45, 7) is 4.83. The summed E-state index contributed by atoms with van der Waals surface area (Å²) in [4.78, 5) is 19.8. The fourth-order valence-corrected chi connectivity index (χ4v) is 9.82. The lowest BCUT2D eigenvalue weighted by Crippen LogP contribution is -2.16. The van der Waals surface area contributed by atoms with Gasteiger partial charge < -0.3 is 4.57 Å². The maximum Gasteiger partial charge on any atom is 0.164 e. The van der Waals surface area contributed by atoms with Gasteiger partial charge in [0, 0.05) is 51.0 Å². The van der Waals surface area contributed by atoms with Gasteiger partial charge in [0.05, 0.1) is 11.0 Å². The van der Waals surface area contributed by atoms with Gasteiger partial charge in [-0.2, -0.15) is 0 Å². The van der Waals surface area contributed by atoms with Crippen LogP contribution in [0.25, 0.3) is 105 Å². The highest BCUT2D eigenvalue weighted by molar-refractivity contribution is 6.28. The highest BCUT2D eigenvalue weighted by Gasteiger charge is 2.40. The molecule has 5 heteroatoms. The summed E-state index contributed by atoms with van der Waals surface area (Å²) in [7, 11) is 0. The maximum atomic E-state index is 5.06. The average molecular weight is 742 g/mol. The first-order valence-corrected chi connectivity index (χ1v) is 19.8. The van der Waals surface area contributed by atoms with Crippen molar-refractivity contribution in [3.63, 3.8) is 0 Å². The zero-order chi connectivity index (χ0) is 38.5. The zero-order valence-corrected chi connectivity index (χ0v) is 32.0. The molecule has 12 rings (SSSR count). The number of nitrogens with zero attached hydrogens (tertiary/aromatic N) is 5. The highest BCUT2D eigenvalue weighted by atomic mass is 15.0. The average Bonchev–Trinajstić information content (AvgIpc) is 3.75. The fraction of sp³-hybridized carbons (Fsp3) is 0.0566. The molecule has 0 bridgehead atoms. The van der Waals surface area contributed by atoms with E-state index in [-0.39, 0.29) is 5.41 Å². The Kier molecular flexibility index (Phi) is 6.91. The molecular formula is C53H35N5. The van der Waals surface area contributed by atoms with E-state index in [1.54, 1.807) is 0 Å². The van der Waals surface area contributed by atoms with Gasteiger partial charge in [-0.15, -0.1) is 0 Å². The maximum absolute atomic E-state index is 5.06. The smallest absolute Gasteiger partial charge is 0.164 e. The molecule has 1 aliphatic carbocycles. The third-order valence-corrected chi connectivity index (χ3v) is 12.2. The van der Waals surface area contributed by atoms with Gasteiger partial charge in [0.2, 0.25) is 0 Å². The van der Waals surface area contributed by atoms with Crippen molar-refractivity contribution in [2.24, 2.45) is 0 Å². The topological polar surface area (TPSA) is 56.5 Å². The molecule has 272 valence electrons. The van der Waals surface area contributed by atoms with E-state index in [9.17, 15) is 0 Å². The molecule has 0 atom stereocenters. The predicted octanol–water partition coefficient (Wildman–Crippen LogP) is 13.1. The molecule has 3 aromatic heterocycles. The van der Waals surface area contributed by atoms with E-state index in [1.165, 1.54) is 60.0 Å². The number of hydrogen-bond acceptors (Lipinski definition) is 4. The highest BCUT2D eigenvalue weighted by Crippen LogP contribution is 2.56. The van der Waals surface area contributed by atoms with E-state index in [4.69, 9.17) is 19.9 Å². The third-order valence-electron chi connectivity index (χ3n) is 12.2. The van der Waals surface area contributed by atoms with Crippen LogP contribution in [0.2, 0.25) is 0 Å². The van der Waals surface area contributed by atoms with Crippen molar-refractivity contribution < 1.29 is 0 Å². The van der Waals surface area contributed by atoms with Crippen molar-refractivity contribution in [2.45, 2.75) is 19.3 Å². The van der Waals surface area contributed by atoms with Crippen LogP contribution in [0, 0.1) is 0 Å². The first-order chi connectivity index (χ1) is 28.5. The van der Waals surface area contributed by atoms with Gasteiger partial charge in [-0.3, -0.25) is 4.98 Å². The molecule has 3 heterocycles. The molecule has 0 saturated heterocycles. The quantitative estimate of drug-likeness (QED) is 0.169. The Labute approximate surface area is 335 Å². The Morgan fingerprint density at radius 2 is 0.931 bits per heavy atom. The minimum atomic E-state index is -0.307. The van der Waals surface area contributed by atoms with Gasteiger partial charge in [-0.25, -0.2) is 15.0 Å². The van der Waals surface area contributed by atoms with Crippen molar-refractivity contribution >= 4 is 54.1 Å². The summed E-state index contributed by atoms with van der Waals surface area (Å²) in [5.74, 6) is 1.91. The van der Waals surface area contributed by atoms with Crippen LogP contribution < -0.4 is 0 Å². The number of benzene rings is 8. The van der Waals surface area contributed by atoms with Crippen molar-refractivity contribution in [2.75, 3.05) is 0 Å². The molecule has 58 heavy (non-hydrogen) atoms. The molecule has 0 amide bonds. The summed E-state index contributed by atoms with van der Waals surface area (Å²) in [5.41, 5.74) is 11.1. The molecule has 0 N–H and O–H groups in total. The van der Waals surface area contributed by atoms with Crippen LogP contribution in [0.1, 0.15) is 25.0 Å². The van der Waals surface area contributed by atoms with Gasteiger partial charge in [-0.1, -0.05) is 153 Å². The standard InChI is InChI=1S/C53H35N5/c1-53(2)48-41(25-24-40-38-22-10-9-20-36(38)37-21-11-12-23-39(37)46(40)48)42-26-27-45-47(49(42)53)43-31-54-29-28-44(43)58(45)35-19-13-18-34(30-35)52-56-50(32-14-5-3-6-15-32)55-51(57-52)33-16-7-4-8-17-33/h3-31H,1-2H3. The lowest BCUT2D eigenvalue weighted by atomic mass is 9.77. The number of rotatable bonds is 4. The second-order valence-corrected chi connectivity index (χ2v) is 15.8. The summed E-state index contributed by atoms with van der Waals surface area (Å²) in [6.07, 6.45) is 3.94. The van der Waals surface area contributed by atoms with Gasteiger partial charge in [0.1, 0.15) is 0 Å². The molecule has 0 saturated carbocycles. The lowest BCUT2D eigenvalue weighted by Gasteiger charge is -2.25. The number of pyridine rings is 1. The van der Waals surface area contributed by atoms with Crippen LogP contribution in [0.15, 0.2) is 176 Å².